The van der Waals surface area contributed by atoms with E-state index in [0.29, 0.717) is 6.04 Å². The van der Waals surface area contributed by atoms with Gasteiger partial charge in [-0.25, -0.2) is 0 Å². The second-order valence-corrected chi connectivity index (χ2v) is 5.33. The predicted molar refractivity (Wildman–Crippen MR) is 75.0 cm³/mol. The van der Waals surface area contributed by atoms with Crippen LogP contribution >= 0.6 is 15.9 Å². The van der Waals surface area contributed by atoms with E-state index in [0.717, 1.165) is 29.9 Å². The first kappa shape index (κ1) is 12.7. The number of benzene rings is 1. The highest BCUT2D eigenvalue weighted by molar-refractivity contribution is 9.10. The minimum absolute atomic E-state index is 0.524. The van der Waals surface area contributed by atoms with E-state index in [2.05, 4.69) is 45.2 Å². The van der Waals surface area contributed by atoms with Crippen molar-refractivity contribution in [3.8, 4) is 5.75 Å². The van der Waals surface area contributed by atoms with Gasteiger partial charge in [0.2, 0.25) is 0 Å². The average molecular weight is 299 g/mol. The van der Waals surface area contributed by atoms with Crippen molar-refractivity contribution in [2.24, 2.45) is 0 Å². The molecule has 0 radical (unpaired) electrons. The topological polar surface area (TPSA) is 24.5 Å². The van der Waals surface area contributed by atoms with Crippen LogP contribution in [0.5, 0.6) is 5.75 Å². The van der Waals surface area contributed by atoms with E-state index in [4.69, 9.17) is 4.74 Å². The lowest BCUT2D eigenvalue weighted by atomic mass is 10.2. The van der Waals surface area contributed by atoms with Gasteiger partial charge >= 0.3 is 0 Å². The van der Waals surface area contributed by atoms with Gasteiger partial charge in [0.25, 0.3) is 0 Å². The summed E-state index contributed by atoms with van der Waals surface area (Å²) in [7, 11) is 1.71. The summed E-state index contributed by atoms with van der Waals surface area (Å²) in [5, 5.41) is 3.50. The first-order valence-corrected chi connectivity index (χ1v) is 6.82. The Kier molecular flexibility index (Phi) is 4.29. The Labute approximate surface area is 111 Å². The fraction of sp³-hybridized carbons (Fsp3) is 0.538. The molecule has 1 unspecified atom stereocenters. The van der Waals surface area contributed by atoms with Gasteiger partial charge in [0.1, 0.15) is 5.75 Å². The zero-order valence-electron chi connectivity index (χ0n) is 10.4. The van der Waals surface area contributed by atoms with E-state index in [1.54, 1.807) is 7.11 Å². The summed E-state index contributed by atoms with van der Waals surface area (Å²) in [6.07, 6.45) is 1.17. The number of methoxy groups -OCH3 is 1. The fourth-order valence-electron chi connectivity index (χ4n) is 2.19. The first-order valence-electron chi connectivity index (χ1n) is 6.02. The van der Waals surface area contributed by atoms with Gasteiger partial charge in [-0.2, -0.15) is 0 Å². The van der Waals surface area contributed by atoms with Crippen LogP contribution in [0.2, 0.25) is 0 Å². The highest BCUT2D eigenvalue weighted by atomic mass is 79.9. The van der Waals surface area contributed by atoms with Crippen molar-refractivity contribution >= 4 is 21.6 Å². The molecule has 1 fully saturated rings. The van der Waals surface area contributed by atoms with Gasteiger partial charge < -0.3 is 15.0 Å². The molecule has 0 bridgehead atoms. The molecular formula is C13H19BrN2O. The molecule has 0 aromatic heterocycles. The molecule has 1 aliphatic rings. The summed E-state index contributed by atoms with van der Waals surface area (Å²) in [6.45, 7) is 5.44. The number of ether oxygens (including phenoxy) is 1. The summed E-state index contributed by atoms with van der Waals surface area (Å²) in [5.74, 6) is 0.910. The van der Waals surface area contributed by atoms with Crippen molar-refractivity contribution in [1.82, 2.24) is 5.32 Å². The Balaban J connectivity index is 2.24. The normalized spacial score (nSPS) is 21.1. The maximum atomic E-state index is 5.30. The van der Waals surface area contributed by atoms with Crippen molar-refractivity contribution in [2.75, 3.05) is 31.6 Å². The van der Waals surface area contributed by atoms with E-state index < -0.39 is 0 Å². The van der Waals surface area contributed by atoms with Crippen LogP contribution in [-0.4, -0.2) is 32.8 Å². The second-order valence-electron chi connectivity index (χ2n) is 4.47. The van der Waals surface area contributed by atoms with E-state index in [-0.39, 0.29) is 0 Å². The molecule has 1 aromatic rings. The molecule has 0 aliphatic carbocycles. The molecule has 2 rings (SSSR count). The third-order valence-corrected chi connectivity index (χ3v) is 3.76. The van der Waals surface area contributed by atoms with Crippen LogP contribution in [0.15, 0.2) is 22.7 Å². The highest BCUT2D eigenvalue weighted by Gasteiger charge is 2.16. The smallest absolute Gasteiger partial charge is 0.121 e. The summed E-state index contributed by atoms with van der Waals surface area (Å²) < 4.78 is 6.43. The number of hydrogen-bond donors (Lipinski definition) is 1. The highest BCUT2D eigenvalue weighted by Crippen LogP contribution is 2.31. The molecule has 17 heavy (non-hydrogen) atoms. The zero-order chi connectivity index (χ0) is 12.3. The third-order valence-electron chi connectivity index (χ3n) is 3.09. The van der Waals surface area contributed by atoms with Crippen LogP contribution in [-0.2, 0) is 0 Å². The lowest BCUT2D eigenvalue weighted by Crippen LogP contribution is -2.35. The quantitative estimate of drug-likeness (QED) is 0.908. The molecule has 1 aromatic carbocycles. The maximum Gasteiger partial charge on any atom is 0.121 e. The van der Waals surface area contributed by atoms with E-state index in [1.807, 2.05) is 6.07 Å². The number of nitrogens with one attached hydrogen (secondary N) is 1. The van der Waals surface area contributed by atoms with Crippen molar-refractivity contribution in [1.29, 1.82) is 0 Å². The Bertz CT molecular complexity index is 384. The fourth-order valence-corrected chi connectivity index (χ4v) is 2.68. The summed E-state index contributed by atoms with van der Waals surface area (Å²) in [4.78, 5) is 2.41. The van der Waals surface area contributed by atoms with Gasteiger partial charge in [-0.05, 0) is 48.0 Å². The second kappa shape index (κ2) is 5.74. The molecule has 1 atom stereocenters. The Hall–Kier alpha value is -0.740. The molecule has 94 valence electrons. The number of nitrogens with zero attached hydrogens (tertiary/aromatic N) is 1. The molecule has 0 amide bonds. The van der Waals surface area contributed by atoms with Crippen LogP contribution in [0.25, 0.3) is 0 Å². The Morgan fingerprint density at radius 2 is 2.29 bits per heavy atom. The van der Waals surface area contributed by atoms with Crippen molar-refractivity contribution in [2.45, 2.75) is 19.4 Å². The minimum Gasteiger partial charge on any atom is -0.497 e. The van der Waals surface area contributed by atoms with Crippen molar-refractivity contribution < 1.29 is 4.74 Å². The lowest BCUT2D eigenvalue weighted by molar-refractivity contribution is 0.414. The summed E-state index contributed by atoms with van der Waals surface area (Å²) in [5.41, 5.74) is 1.22. The third kappa shape index (κ3) is 3.13. The lowest BCUT2D eigenvalue weighted by Gasteiger charge is -2.26. The van der Waals surface area contributed by atoms with Crippen molar-refractivity contribution in [3.63, 3.8) is 0 Å². The van der Waals surface area contributed by atoms with Gasteiger partial charge in [-0.3, -0.25) is 0 Å². The van der Waals surface area contributed by atoms with Gasteiger partial charge in [0.15, 0.2) is 0 Å². The Morgan fingerprint density at radius 1 is 1.47 bits per heavy atom. The molecule has 1 aliphatic heterocycles. The molecule has 0 saturated carbocycles. The maximum absolute atomic E-state index is 5.30. The molecule has 1 heterocycles. The molecule has 1 N–H and O–H groups in total. The average Bonchev–Trinajstić information content (AvgIpc) is 2.54. The van der Waals surface area contributed by atoms with E-state index in [1.165, 1.54) is 12.1 Å². The van der Waals surface area contributed by atoms with E-state index in [9.17, 15) is 0 Å². The minimum atomic E-state index is 0.524. The SMILES string of the molecule is COc1ccc(Br)c(N2CCCNC(C)C2)c1. The standard InChI is InChI=1S/C13H19BrN2O/c1-10-9-16(7-3-6-15-10)13-8-11(17-2)4-5-12(13)14/h4-5,8,10,15H,3,6-7,9H2,1-2H3. The summed E-state index contributed by atoms with van der Waals surface area (Å²) in [6, 6.07) is 6.66. The molecule has 4 heteroatoms. The van der Waals surface area contributed by atoms with Gasteiger partial charge in [0, 0.05) is 29.7 Å². The van der Waals surface area contributed by atoms with Gasteiger partial charge in [0.05, 0.1) is 12.8 Å². The first-order chi connectivity index (χ1) is 8.20. The van der Waals surface area contributed by atoms with Crippen LogP contribution in [0.3, 0.4) is 0 Å². The number of hydrogen-bond acceptors (Lipinski definition) is 3. The number of halogens is 1. The van der Waals surface area contributed by atoms with Crippen LogP contribution in [0, 0.1) is 0 Å². The molecule has 3 nitrogen and oxygen atoms in total. The predicted octanol–water partition coefficient (Wildman–Crippen LogP) is 2.65. The van der Waals surface area contributed by atoms with Crippen LogP contribution < -0.4 is 15.0 Å². The van der Waals surface area contributed by atoms with Crippen molar-refractivity contribution in [3.05, 3.63) is 22.7 Å². The largest absolute Gasteiger partial charge is 0.497 e. The molecular weight excluding hydrogens is 280 g/mol. The van der Waals surface area contributed by atoms with Gasteiger partial charge in [-0.1, -0.05) is 0 Å². The zero-order valence-corrected chi connectivity index (χ0v) is 12.0. The van der Waals surface area contributed by atoms with Crippen LogP contribution in [0.1, 0.15) is 13.3 Å². The Morgan fingerprint density at radius 3 is 3.06 bits per heavy atom. The number of anilines is 1. The molecule has 1 saturated heterocycles. The summed E-state index contributed by atoms with van der Waals surface area (Å²) >= 11 is 3.62. The van der Waals surface area contributed by atoms with E-state index >= 15 is 0 Å². The van der Waals surface area contributed by atoms with Crippen LogP contribution in [0.4, 0.5) is 5.69 Å². The monoisotopic (exact) mass is 298 g/mol. The molecule has 0 spiro atoms. The number of rotatable bonds is 2. The van der Waals surface area contributed by atoms with Gasteiger partial charge in [-0.15, -0.1) is 0 Å².